The van der Waals surface area contributed by atoms with Gasteiger partial charge < -0.3 is 29.9 Å². The lowest BCUT2D eigenvalue weighted by molar-refractivity contribution is -0.161. The molecule has 0 amide bonds. The highest BCUT2D eigenvalue weighted by atomic mass is 16.6. The molecule has 1 rings (SSSR count). The number of hydrogen-bond acceptors (Lipinski definition) is 8. The van der Waals surface area contributed by atoms with Crippen molar-refractivity contribution in [1.82, 2.24) is 0 Å². The van der Waals surface area contributed by atoms with E-state index < -0.39 is 37.0 Å². The summed E-state index contributed by atoms with van der Waals surface area (Å²) in [5, 5.41) is 40.7. The second-order valence-corrected chi connectivity index (χ2v) is 14.8. The molecule has 1 fully saturated rings. The number of esters is 2. The van der Waals surface area contributed by atoms with Crippen LogP contribution < -0.4 is 0 Å². The summed E-state index contributed by atoms with van der Waals surface area (Å²) < 4.78 is 10.6. The highest BCUT2D eigenvalue weighted by Gasteiger charge is 2.39. The molecule has 0 spiro atoms. The Hall–Kier alpha value is -1.48. The smallest absolute Gasteiger partial charge is 0.306 e. The van der Waals surface area contributed by atoms with Gasteiger partial charge in [-0.15, -0.1) is 0 Å². The van der Waals surface area contributed by atoms with E-state index in [1.54, 1.807) is 6.08 Å². The fourth-order valence-electron chi connectivity index (χ4n) is 6.78. The van der Waals surface area contributed by atoms with Gasteiger partial charge in [0.1, 0.15) is 6.61 Å². The minimum Gasteiger partial charge on any atom is -0.462 e. The number of hydrogen-bond donors (Lipinski definition) is 4. The maximum Gasteiger partial charge on any atom is 0.306 e. The van der Waals surface area contributed by atoms with Gasteiger partial charge in [-0.05, 0) is 37.5 Å². The van der Waals surface area contributed by atoms with Gasteiger partial charge in [0.2, 0.25) is 0 Å². The van der Waals surface area contributed by atoms with E-state index in [0.29, 0.717) is 25.7 Å². The lowest BCUT2D eigenvalue weighted by Crippen LogP contribution is -2.28. The molecule has 0 unspecified atom stereocenters. The lowest BCUT2D eigenvalue weighted by Gasteiger charge is -2.21. The Labute approximate surface area is 293 Å². The average molecular weight is 683 g/mol. The third kappa shape index (κ3) is 23.0. The zero-order valence-electron chi connectivity index (χ0n) is 31.0. The minimum absolute atomic E-state index is 0.0362. The number of carbonyl (C=O) groups excluding carboxylic acids is 2. The van der Waals surface area contributed by atoms with Crippen molar-refractivity contribution in [2.75, 3.05) is 13.2 Å². The Balaban J connectivity index is 2.09. The van der Waals surface area contributed by atoms with E-state index in [-0.39, 0.29) is 30.8 Å². The highest BCUT2D eigenvalue weighted by Crippen LogP contribution is 2.37. The summed E-state index contributed by atoms with van der Waals surface area (Å²) in [6.45, 7) is 6.20. The van der Waals surface area contributed by atoms with Gasteiger partial charge in [0.25, 0.3) is 0 Å². The zero-order chi connectivity index (χ0) is 35.4. The molecule has 8 heteroatoms. The molecule has 0 heterocycles. The Bertz CT molecular complexity index is 815. The van der Waals surface area contributed by atoms with Crippen molar-refractivity contribution < 1.29 is 39.5 Å². The number of unbranched alkanes of at least 4 members (excludes halogenated alkanes) is 15. The summed E-state index contributed by atoms with van der Waals surface area (Å²) in [6.07, 6.45) is 24.8. The van der Waals surface area contributed by atoms with Gasteiger partial charge in [-0.2, -0.15) is 0 Å². The number of aliphatic hydroxyl groups is 4. The van der Waals surface area contributed by atoms with Crippen molar-refractivity contribution >= 4 is 11.9 Å². The van der Waals surface area contributed by atoms with Crippen LogP contribution in [0.15, 0.2) is 12.2 Å². The van der Waals surface area contributed by atoms with Crippen LogP contribution in [0.2, 0.25) is 0 Å². The molecule has 282 valence electrons. The van der Waals surface area contributed by atoms with Gasteiger partial charge in [-0.1, -0.05) is 142 Å². The van der Waals surface area contributed by atoms with Crippen LogP contribution >= 0.6 is 0 Å². The Kier molecular flexibility index (Phi) is 27.2. The molecule has 0 aromatic rings. The molecule has 0 aromatic carbocycles. The first-order valence-corrected chi connectivity index (χ1v) is 19.9. The summed E-state index contributed by atoms with van der Waals surface area (Å²) in [6, 6.07) is 0. The quantitative estimate of drug-likeness (QED) is 0.0326. The first-order chi connectivity index (χ1) is 23.2. The summed E-state index contributed by atoms with van der Waals surface area (Å²) >= 11 is 0. The van der Waals surface area contributed by atoms with Gasteiger partial charge in [-0.25, -0.2) is 0 Å². The fourth-order valence-corrected chi connectivity index (χ4v) is 6.78. The van der Waals surface area contributed by atoms with Crippen LogP contribution in [-0.4, -0.2) is 70.0 Å². The summed E-state index contributed by atoms with van der Waals surface area (Å²) in [7, 11) is 0. The fraction of sp³-hybridized carbons (Fsp3) is 0.900. The van der Waals surface area contributed by atoms with E-state index in [1.165, 1.54) is 57.8 Å². The molecule has 1 saturated carbocycles. The Morgan fingerprint density at radius 1 is 0.729 bits per heavy atom. The predicted molar refractivity (Wildman–Crippen MR) is 193 cm³/mol. The standard InChI is InChI=1S/C40H74O8/c1-4-5-17-23-33(42)27-28-36-35(37(43)29-38(36)44)24-19-15-16-21-26-40(46)48-34(30-41)31-47-39(45)25-20-14-12-10-8-6-7-9-11-13-18-22-32(2)3/h27-28,32-38,41-44H,4-26,29-31H2,1-3H3/b28-27+/t33-,34-,35+,36+,37-,38+/m0/s1. The van der Waals surface area contributed by atoms with E-state index in [9.17, 15) is 30.0 Å². The lowest BCUT2D eigenvalue weighted by atomic mass is 9.88. The van der Waals surface area contributed by atoms with Crippen molar-refractivity contribution in [1.29, 1.82) is 0 Å². The van der Waals surface area contributed by atoms with Crippen LogP contribution in [0.5, 0.6) is 0 Å². The Morgan fingerprint density at radius 3 is 1.85 bits per heavy atom. The number of ether oxygens (including phenoxy) is 2. The van der Waals surface area contributed by atoms with E-state index >= 15 is 0 Å². The molecule has 48 heavy (non-hydrogen) atoms. The maximum absolute atomic E-state index is 12.3. The first-order valence-electron chi connectivity index (χ1n) is 19.9. The van der Waals surface area contributed by atoms with Crippen LogP contribution in [0.4, 0.5) is 0 Å². The van der Waals surface area contributed by atoms with Crippen molar-refractivity contribution in [3.8, 4) is 0 Å². The molecule has 0 aromatic heterocycles. The number of aliphatic hydroxyl groups excluding tert-OH is 4. The molecule has 1 aliphatic carbocycles. The van der Waals surface area contributed by atoms with Crippen molar-refractivity contribution in [2.45, 2.75) is 199 Å². The van der Waals surface area contributed by atoms with Crippen molar-refractivity contribution in [3.05, 3.63) is 12.2 Å². The van der Waals surface area contributed by atoms with Gasteiger partial charge in [0.15, 0.2) is 6.10 Å². The summed E-state index contributed by atoms with van der Waals surface area (Å²) in [5.74, 6) is -0.0962. The topological polar surface area (TPSA) is 134 Å². The zero-order valence-corrected chi connectivity index (χ0v) is 31.0. The number of rotatable bonds is 31. The molecule has 0 bridgehead atoms. The maximum atomic E-state index is 12.3. The SMILES string of the molecule is CCCCC[C@H](O)/C=C/[C@@H]1[C@@H](CCCCCCC(=O)O[C@@H](CO)COC(=O)CCCCCCCCCCCCCC(C)C)[C@@H](O)C[C@H]1O. The molecule has 0 aliphatic heterocycles. The monoisotopic (exact) mass is 683 g/mol. The largest absolute Gasteiger partial charge is 0.462 e. The van der Waals surface area contributed by atoms with Crippen LogP contribution in [-0.2, 0) is 19.1 Å². The molecule has 0 radical (unpaired) electrons. The third-order valence-electron chi connectivity index (χ3n) is 9.84. The predicted octanol–water partition coefficient (Wildman–Crippen LogP) is 8.36. The Morgan fingerprint density at radius 2 is 1.27 bits per heavy atom. The van der Waals surface area contributed by atoms with Gasteiger partial charge in [0.05, 0.1) is 24.9 Å². The van der Waals surface area contributed by atoms with Crippen LogP contribution in [0.25, 0.3) is 0 Å². The van der Waals surface area contributed by atoms with Gasteiger partial charge in [0, 0.05) is 25.2 Å². The average Bonchev–Trinajstić information content (AvgIpc) is 3.32. The normalized spacial score (nSPS) is 20.8. The highest BCUT2D eigenvalue weighted by molar-refractivity contribution is 5.70. The van der Waals surface area contributed by atoms with Gasteiger partial charge >= 0.3 is 11.9 Å². The minimum atomic E-state index is -0.845. The van der Waals surface area contributed by atoms with Crippen LogP contribution in [0.3, 0.4) is 0 Å². The molecular weight excluding hydrogens is 608 g/mol. The number of carbonyl (C=O) groups is 2. The van der Waals surface area contributed by atoms with Crippen molar-refractivity contribution in [3.63, 3.8) is 0 Å². The van der Waals surface area contributed by atoms with Gasteiger partial charge in [-0.3, -0.25) is 9.59 Å². The van der Waals surface area contributed by atoms with E-state index in [0.717, 1.165) is 70.1 Å². The molecule has 4 N–H and O–H groups in total. The third-order valence-corrected chi connectivity index (χ3v) is 9.84. The van der Waals surface area contributed by atoms with Crippen LogP contribution in [0, 0.1) is 17.8 Å². The van der Waals surface area contributed by atoms with E-state index in [4.69, 9.17) is 9.47 Å². The van der Waals surface area contributed by atoms with E-state index in [1.807, 2.05) is 6.08 Å². The molecule has 8 nitrogen and oxygen atoms in total. The molecule has 0 saturated heterocycles. The molecular formula is C40H74O8. The summed E-state index contributed by atoms with van der Waals surface area (Å²) in [5.41, 5.74) is 0. The van der Waals surface area contributed by atoms with E-state index in [2.05, 4.69) is 20.8 Å². The second-order valence-electron chi connectivity index (χ2n) is 14.8. The molecule has 1 aliphatic rings. The van der Waals surface area contributed by atoms with Crippen LogP contribution in [0.1, 0.15) is 175 Å². The summed E-state index contributed by atoms with van der Waals surface area (Å²) in [4.78, 5) is 24.4. The first kappa shape index (κ1) is 44.5. The second kappa shape index (κ2) is 29.3. The van der Waals surface area contributed by atoms with Crippen molar-refractivity contribution in [2.24, 2.45) is 17.8 Å². The molecule has 6 atom stereocenters.